The number of nitrogens with zero attached hydrogens (tertiary/aromatic N) is 3. The van der Waals surface area contributed by atoms with Gasteiger partial charge in [-0.05, 0) is 18.9 Å². The molecule has 0 saturated carbocycles. The van der Waals surface area contributed by atoms with E-state index in [9.17, 15) is 0 Å². The fraction of sp³-hybridized carbons (Fsp3) is 0.667. The number of hydrogen-bond acceptors (Lipinski definition) is 4. The van der Waals surface area contributed by atoms with E-state index < -0.39 is 0 Å². The van der Waals surface area contributed by atoms with Crippen LogP contribution in [0.5, 0.6) is 0 Å². The molecule has 4 nitrogen and oxygen atoms in total. The summed E-state index contributed by atoms with van der Waals surface area (Å²) in [6.07, 6.45) is 3.79. The van der Waals surface area contributed by atoms with Gasteiger partial charge in [0.2, 0.25) is 0 Å². The lowest BCUT2D eigenvalue weighted by Gasteiger charge is -2.16. The number of rotatable bonds is 4. The zero-order valence-corrected chi connectivity index (χ0v) is 11.4. The smallest absolute Gasteiger partial charge is 0.157 e. The maximum Gasteiger partial charge on any atom is 0.157 e. The van der Waals surface area contributed by atoms with Gasteiger partial charge in [-0.2, -0.15) is 5.10 Å². The highest BCUT2D eigenvalue weighted by Crippen LogP contribution is 2.26. The van der Waals surface area contributed by atoms with Crippen LogP contribution in [0.15, 0.2) is 23.5 Å². The van der Waals surface area contributed by atoms with E-state index in [4.69, 9.17) is 0 Å². The van der Waals surface area contributed by atoms with Gasteiger partial charge in [0.15, 0.2) is 5.17 Å². The third kappa shape index (κ3) is 3.49. The minimum absolute atomic E-state index is 0.354. The standard InChI is InChI=1S/C12H20N4S/c1-9(2)11-7-13-12(17-11)15-10(3)8-16-6-4-5-14-16/h4-6,9-11H,7-8H2,1-3H3,(H,13,15). The van der Waals surface area contributed by atoms with Gasteiger partial charge >= 0.3 is 0 Å². The average Bonchev–Trinajstić information content (AvgIpc) is 2.88. The van der Waals surface area contributed by atoms with Crippen molar-refractivity contribution in [1.29, 1.82) is 0 Å². The Balaban J connectivity index is 1.78. The van der Waals surface area contributed by atoms with Gasteiger partial charge in [-0.1, -0.05) is 25.6 Å². The van der Waals surface area contributed by atoms with Crippen LogP contribution in [0, 0.1) is 5.92 Å². The first-order valence-corrected chi connectivity index (χ1v) is 6.98. The molecule has 0 saturated heterocycles. The van der Waals surface area contributed by atoms with Gasteiger partial charge in [-0.3, -0.25) is 9.67 Å². The van der Waals surface area contributed by atoms with E-state index >= 15 is 0 Å². The van der Waals surface area contributed by atoms with E-state index in [1.807, 2.05) is 34.9 Å². The summed E-state index contributed by atoms with van der Waals surface area (Å²) in [6.45, 7) is 8.48. The summed E-state index contributed by atoms with van der Waals surface area (Å²) in [4.78, 5) is 4.55. The Bertz CT molecular complexity index is 372. The molecule has 94 valence electrons. The lowest BCUT2D eigenvalue weighted by atomic mass is 10.1. The van der Waals surface area contributed by atoms with E-state index in [2.05, 4.69) is 36.2 Å². The quantitative estimate of drug-likeness (QED) is 0.891. The topological polar surface area (TPSA) is 42.2 Å². The van der Waals surface area contributed by atoms with Crippen LogP contribution in [-0.2, 0) is 6.54 Å². The van der Waals surface area contributed by atoms with Gasteiger partial charge in [-0.15, -0.1) is 0 Å². The predicted molar refractivity (Wildman–Crippen MR) is 73.3 cm³/mol. The fourth-order valence-electron chi connectivity index (χ4n) is 1.76. The van der Waals surface area contributed by atoms with E-state index in [1.165, 1.54) is 0 Å². The van der Waals surface area contributed by atoms with Gasteiger partial charge in [0.25, 0.3) is 0 Å². The molecule has 2 atom stereocenters. The zero-order chi connectivity index (χ0) is 12.3. The summed E-state index contributed by atoms with van der Waals surface area (Å²) < 4.78 is 1.94. The number of thioether (sulfide) groups is 1. The van der Waals surface area contributed by atoms with Crippen molar-refractivity contribution in [1.82, 2.24) is 15.1 Å². The first-order valence-electron chi connectivity index (χ1n) is 6.10. The van der Waals surface area contributed by atoms with E-state index in [-0.39, 0.29) is 0 Å². The first-order chi connectivity index (χ1) is 8.15. The molecule has 0 radical (unpaired) electrons. The molecular weight excluding hydrogens is 232 g/mol. The second kappa shape index (κ2) is 5.58. The molecule has 2 heterocycles. The highest BCUT2D eigenvalue weighted by atomic mass is 32.2. The van der Waals surface area contributed by atoms with Crippen LogP contribution in [0.4, 0.5) is 0 Å². The minimum Gasteiger partial charge on any atom is -0.361 e. The second-order valence-corrected chi connectivity index (χ2v) is 6.05. The predicted octanol–water partition coefficient (Wildman–Crippen LogP) is 1.99. The molecule has 17 heavy (non-hydrogen) atoms. The van der Waals surface area contributed by atoms with Crippen molar-refractivity contribution in [3.05, 3.63) is 18.5 Å². The van der Waals surface area contributed by atoms with Crippen molar-refractivity contribution in [2.24, 2.45) is 10.9 Å². The summed E-state index contributed by atoms with van der Waals surface area (Å²) in [7, 11) is 0. The molecule has 0 spiro atoms. The molecule has 0 aliphatic carbocycles. The van der Waals surface area contributed by atoms with Gasteiger partial charge in [0, 0.05) is 23.7 Å². The van der Waals surface area contributed by atoms with E-state index in [0.29, 0.717) is 17.2 Å². The van der Waals surface area contributed by atoms with E-state index in [1.54, 1.807) is 0 Å². The molecule has 1 aromatic rings. The van der Waals surface area contributed by atoms with Crippen molar-refractivity contribution >= 4 is 16.9 Å². The number of aliphatic imine (C=N–C) groups is 1. The second-order valence-electron chi connectivity index (χ2n) is 4.82. The lowest BCUT2D eigenvalue weighted by Crippen LogP contribution is -2.34. The minimum atomic E-state index is 0.354. The van der Waals surface area contributed by atoms with Gasteiger partial charge in [0.05, 0.1) is 13.1 Å². The van der Waals surface area contributed by atoms with Crippen LogP contribution in [0.2, 0.25) is 0 Å². The monoisotopic (exact) mass is 252 g/mol. The van der Waals surface area contributed by atoms with Crippen LogP contribution in [0.1, 0.15) is 20.8 Å². The molecule has 1 N–H and O–H groups in total. The first kappa shape index (κ1) is 12.5. The van der Waals surface area contributed by atoms with Crippen LogP contribution in [0.25, 0.3) is 0 Å². The Labute approximate surface area is 107 Å². The number of amidine groups is 1. The van der Waals surface area contributed by atoms with Crippen molar-refractivity contribution in [3.8, 4) is 0 Å². The normalized spacial score (nSPS) is 21.6. The summed E-state index contributed by atoms with van der Waals surface area (Å²) >= 11 is 1.87. The van der Waals surface area contributed by atoms with Crippen molar-refractivity contribution < 1.29 is 0 Å². The SMILES string of the molecule is CC(Cn1cccn1)NC1=NCC(C(C)C)S1. The molecule has 2 rings (SSSR count). The average molecular weight is 252 g/mol. The lowest BCUT2D eigenvalue weighted by molar-refractivity contribution is 0.508. The molecule has 1 aliphatic heterocycles. The maximum absolute atomic E-state index is 4.55. The molecular formula is C12H20N4S. The number of aromatic nitrogens is 2. The van der Waals surface area contributed by atoms with Gasteiger partial charge in [-0.25, -0.2) is 0 Å². The molecule has 5 heteroatoms. The fourth-order valence-corrected chi connectivity index (χ4v) is 2.89. The van der Waals surface area contributed by atoms with Crippen molar-refractivity contribution in [2.75, 3.05) is 6.54 Å². The van der Waals surface area contributed by atoms with E-state index in [0.717, 1.165) is 18.3 Å². The molecule has 1 aliphatic rings. The maximum atomic E-state index is 4.55. The van der Waals surface area contributed by atoms with Gasteiger partial charge < -0.3 is 5.32 Å². The molecule has 0 bridgehead atoms. The molecule has 1 aromatic heterocycles. The Morgan fingerprint density at radius 3 is 2.94 bits per heavy atom. The van der Waals surface area contributed by atoms with Crippen molar-refractivity contribution in [2.45, 2.75) is 38.6 Å². The van der Waals surface area contributed by atoms with Crippen molar-refractivity contribution in [3.63, 3.8) is 0 Å². The molecule has 0 fully saturated rings. The molecule has 2 unspecified atom stereocenters. The van der Waals surface area contributed by atoms with Crippen LogP contribution in [0.3, 0.4) is 0 Å². The van der Waals surface area contributed by atoms with Crippen LogP contribution in [-0.4, -0.2) is 32.8 Å². The Hall–Kier alpha value is -0.970. The third-order valence-electron chi connectivity index (χ3n) is 2.81. The Morgan fingerprint density at radius 1 is 1.53 bits per heavy atom. The summed E-state index contributed by atoms with van der Waals surface area (Å²) in [6, 6.07) is 2.30. The molecule has 0 aromatic carbocycles. The summed E-state index contributed by atoms with van der Waals surface area (Å²) in [5.74, 6) is 0.685. The largest absolute Gasteiger partial charge is 0.361 e. The van der Waals surface area contributed by atoms with Gasteiger partial charge in [0.1, 0.15) is 0 Å². The highest BCUT2D eigenvalue weighted by Gasteiger charge is 2.23. The third-order valence-corrected chi connectivity index (χ3v) is 4.28. The van der Waals surface area contributed by atoms with Crippen LogP contribution < -0.4 is 5.32 Å². The van der Waals surface area contributed by atoms with Crippen LogP contribution >= 0.6 is 11.8 Å². The summed E-state index contributed by atoms with van der Waals surface area (Å²) in [5, 5.41) is 9.38. The Kier molecular flexibility index (Phi) is 4.10. The zero-order valence-electron chi connectivity index (χ0n) is 10.6. The summed E-state index contributed by atoms with van der Waals surface area (Å²) in [5.41, 5.74) is 0. The highest BCUT2D eigenvalue weighted by molar-refractivity contribution is 8.14. The number of nitrogens with one attached hydrogen (secondary N) is 1. The Morgan fingerprint density at radius 2 is 2.35 bits per heavy atom. The number of hydrogen-bond donors (Lipinski definition) is 1. The molecule has 0 amide bonds.